The van der Waals surface area contributed by atoms with Crippen LogP contribution in [0.3, 0.4) is 0 Å². The number of fused-ring (bicyclic) bond motifs is 1. The first kappa shape index (κ1) is 18.4. The molecule has 1 aliphatic heterocycles. The minimum atomic E-state index is -4.52. The van der Waals surface area contributed by atoms with Crippen LogP contribution in [0.2, 0.25) is 0 Å². The van der Waals surface area contributed by atoms with Crippen LogP contribution in [0.25, 0.3) is 10.2 Å². The van der Waals surface area contributed by atoms with Crippen molar-refractivity contribution in [3.8, 4) is 0 Å². The molecule has 9 heteroatoms. The van der Waals surface area contributed by atoms with Crippen molar-refractivity contribution < 1.29 is 22.8 Å². The zero-order chi connectivity index (χ0) is 19.9. The molecule has 1 unspecified atom stereocenters. The van der Waals surface area contributed by atoms with Crippen LogP contribution in [0.5, 0.6) is 0 Å². The van der Waals surface area contributed by atoms with E-state index in [0.29, 0.717) is 10.4 Å². The largest absolute Gasteiger partial charge is 0.418 e. The van der Waals surface area contributed by atoms with Gasteiger partial charge in [-0.25, -0.2) is 4.98 Å². The Bertz CT molecular complexity index is 1050. The summed E-state index contributed by atoms with van der Waals surface area (Å²) < 4.78 is 39.7. The zero-order valence-corrected chi connectivity index (χ0v) is 15.2. The molecule has 1 aromatic heterocycles. The number of rotatable bonds is 3. The molecule has 0 spiro atoms. The van der Waals surface area contributed by atoms with Crippen molar-refractivity contribution in [2.24, 2.45) is 5.92 Å². The number of benzene rings is 2. The summed E-state index contributed by atoms with van der Waals surface area (Å²) in [4.78, 5) is 30.3. The van der Waals surface area contributed by atoms with E-state index in [1.165, 1.54) is 17.0 Å². The summed E-state index contributed by atoms with van der Waals surface area (Å²) in [5.41, 5.74) is -0.325. The Hall–Kier alpha value is -2.94. The molecule has 2 amide bonds. The number of carbonyl (C=O) groups is 2. The minimum absolute atomic E-state index is 0.0411. The minimum Gasteiger partial charge on any atom is -0.312 e. The first-order valence-electron chi connectivity index (χ1n) is 8.46. The molecule has 144 valence electrons. The van der Waals surface area contributed by atoms with Crippen molar-refractivity contribution >= 4 is 44.2 Å². The van der Waals surface area contributed by atoms with Crippen LogP contribution >= 0.6 is 11.3 Å². The van der Waals surface area contributed by atoms with E-state index in [-0.39, 0.29) is 29.5 Å². The van der Waals surface area contributed by atoms with Gasteiger partial charge in [-0.1, -0.05) is 35.6 Å². The first-order chi connectivity index (χ1) is 13.3. The van der Waals surface area contributed by atoms with Gasteiger partial charge in [-0.3, -0.25) is 9.59 Å². The fourth-order valence-electron chi connectivity index (χ4n) is 3.18. The second-order valence-corrected chi connectivity index (χ2v) is 7.43. The van der Waals surface area contributed by atoms with E-state index in [0.717, 1.165) is 17.4 Å². The lowest BCUT2D eigenvalue weighted by Gasteiger charge is -2.16. The number of alkyl halides is 3. The molecule has 0 aliphatic carbocycles. The number of hydrogen-bond acceptors (Lipinski definition) is 4. The Morgan fingerprint density at radius 2 is 1.89 bits per heavy atom. The molecule has 0 radical (unpaired) electrons. The molecule has 2 heterocycles. The van der Waals surface area contributed by atoms with Gasteiger partial charge in [0.25, 0.3) is 0 Å². The van der Waals surface area contributed by atoms with Gasteiger partial charge in [0, 0.05) is 18.7 Å². The van der Waals surface area contributed by atoms with Crippen molar-refractivity contribution in [1.29, 1.82) is 0 Å². The average molecular weight is 405 g/mol. The fraction of sp³-hybridized carbons (Fsp3) is 0.211. The highest BCUT2D eigenvalue weighted by molar-refractivity contribution is 7.22. The highest BCUT2D eigenvalue weighted by Crippen LogP contribution is 2.37. The Morgan fingerprint density at radius 1 is 1.14 bits per heavy atom. The fourth-order valence-corrected chi connectivity index (χ4v) is 4.07. The molecule has 4 rings (SSSR count). The monoisotopic (exact) mass is 405 g/mol. The number of para-hydroxylation sites is 2. The highest BCUT2D eigenvalue weighted by Gasteiger charge is 2.36. The predicted octanol–water partition coefficient (Wildman–Crippen LogP) is 4.31. The van der Waals surface area contributed by atoms with Crippen LogP contribution in [-0.4, -0.2) is 23.3 Å². The molecule has 0 saturated carbocycles. The van der Waals surface area contributed by atoms with E-state index < -0.39 is 23.6 Å². The molecular weight excluding hydrogens is 391 g/mol. The number of nitrogens with one attached hydrogen (secondary N) is 1. The summed E-state index contributed by atoms with van der Waals surface area (Å²) in [6.07, 6.45) is -4.48. The number of hydrogen-bond donors (Lipinski definition) is 1. The van der Waals surface area contributed by atoms with Crippen molar-refractivity contribution in [2.75, 3.05) is 16.8 Å². The standard InChI is InChI=1S/C19H14F3N3O2S/c20-19(21,22)13-7-4-8-14-16(13)23-18(28-14)24-17(27)11-9-15(26)25(10-11)12-5-2-1-3-6-12/h1-8,11H,9-10H2,(H,23,24,27). The van der Waals surface area contributed by atoms with Gasteiger partial charge >= 0.3 is 6.18 Å². The van der Waals surface area contributed by atoms with Gasteiger partial charge in [0.15, 0.2) is 5.13 Å². The number of thiazole rings is 1. The van der Waals surface area contributed by atoms with Crippen LogP contribution in [0.15, 0.2) is 48.5 Å². The number of amides is 2. The number of anilines is 2. The van der Waals surface area contributed by atoms with Crippen LogP contribution in [-0.2, 0) is 15.8 Å². The molecule has 1 atom stereocenters. The summed E-state index contributed by atoms with van der Waals surface area (Å²) >= 11 is 0.971. The van der Waals surface area contributed by atoms with Gasteiger partial charge < -0.3 is 10.2 Å². The summed E-state index contributed by atoms with van der Waals surface area (Å²) in [5, 5.41) is 2.65. The quantitative estimate of drug-likeness (QED) is 0.707. The third-order valence-corrected chi connectivity index (χ3v) is 5.45. The van der Waals surface area contributed by atoms with E-state index in [2.05, 4.69) is 10.3 Å². The molecule has 3 aromatic rings. The van der Waals surface area contributed by atoms with Gasteiger partial charge in [-0.05, 0) is 24.3 Å². The number of aromatic nitrogens is 1. The SMILES string of the molecule is O=C(Nc1nc2c(C(F)(F)F)cccc2s1)C1CC(=O)N(c2ccccc2)C1. The van der Waals surface area contributed by atoms with E-state index in [9.17, 15) is 22.8 Å². The maximum absolute atomic E-state index is 13.1. The number of carbonyl (C=O) groups excluding carboxylic acids is 2. The molecule has 0 bridgehead atoms. The highest BCUT2D eigenvalue weighted by atomic mass is 32.1. The normalized spacial score (nSPS) is 17.3. The van der Waals surface area contributed by atoms with Gasteiger partial charge in [0.1, 0.15) is 0 Å². The Labute approximate surface area is 161 Å². The van der Waals surface area contributed by atoms with Crippen molar-refractivity contribution in [3.63, 3.8) is 0 Å². The average Bonchev–Trinajstić information content (AvgIpc) is 3.24. The lowest BCUT2D eigenvalue weighted by atomic mass is 10.1. The smallest absolute Gasteiger partial charge is 0.312 e. The molecule has 1 N–H and O–H groups in total. The van der Waals surface area contributed by atoms with E-state index in [1.807, 2.05) is 6.07 Å². The Morgan fingerprint density at radius 3 is 2.61 bits per heavy atom. The van der Waals surface area contributed by atoms with Crippen LogP contribution < -0.4 is 10.2 Å². The van der Waals surface area contributed by atoms with Gasteiger partial charge in [0.2, 0.25) is 11.8 Å². The van der Waals surface area contributed by atoms with E-state index in [1.54, 1.807) is 24.3 Å². The molecule has 1 fully saturated rings. The number of nitrogens with zero attached hydrogens (tertiary/aromatic N) is 2. The van der Waals surface area contributed by atoms with E-state index >= 15 is 0 Å². The summed E-state index contributed by atoms with van der Waals surface area (Å²) in [7, 11) is 0. The van der Waals surface area contributed by atoms with Gasteiger partial charge in [0.05, 0.1) is 21.7 Å². The lowest BCUT2D eigenvalue weighted by molar-refractivity contribution is -0.136. The molecule has 1 aliphatic rings. The Kier molecular flexibility index (Phi) is 4.54. The van der Waals surface area contributed by atoms with Crippen LogP contribution in [0.4, 0.5) is 24.0 Å². The molecule has 1 saturated heterocycles. The Balaban J connectivity index is 1.52. The van der Waals surface area contributed by atoms with Gasteiger partial charge in [-0.2, -0.15) is 13.2 Å². The summed E-state index contributed by atoms with van der Waals surface area (Å²) in [6, 6.07) is 12.8. The van der Waals surface area contributed by atoms with Crippen LogP contribution in [0, 0.1) is 5.92 Å². The van der Waals surface area contributed by atoms with Gasteiger partial charge in [-0.15, -0.1) is 0 Å². The topological polar surface area (TPSA) is 62.3 Å². The van der Waals surface area contributed by atoms with Crippen molar-refractivity contribution in [1.82, 2.24) is 4.98 Å². The number of halogens is 3. The third kappa shape index (κ3) is 3.45. The second-order valence-electron chi connectivity index (χ2n) is 6.40. The summed E-state index contributed by atoms with van der Waals surface area (Å²) in [6.45, 7) is 0.216. The lowest BCUT2D eigenvalue weighted by Crippen LogP contribution is -2.28. The van der Waals surface area contributed by atoms with E-state index in [4.69, 9.17) is 0 Å². The maximum atomic E-state index is 13.1. The van der Waals surface area contributed by atoms with Crippen molar-refractivity contribution in [3.05, 3.63) is 54.1 Å². The molecule has 5 nitrogen and oxygen atoms in total. The summed E-state index contributed by atoms with van der Waals surface area (Å²) in [5.74, 6) is -1.20. The maximum Gasteiger partial charge on any atom is 0.418 e. The van der Waals surface area contributed by atoms with Crippen molar-refractivity contribution in [2.45, 2.75) is 12.6 Å². The molecular formula is C19H14F3N3O2S. The first-order valence-corrected chi connectivity index (χ1v) is 9.27. The third-order valence-electron chi connectivity index (χ3n) is 4.52. The van der Waals surface area contributed by atoms with Crippen LogP contribution in [0.1, 0.15) is 12.0 Å². The predicted molar refractivity (Wildman–Crippen MR) is 100 cm³/mol. The zero-order valence-electron chi connectivity index (χ0n) is 14.4. The second kappa shape index (κ2) is 6.90. The molecule has 28 heavy (non-hydrogen) atoms. The molecule has 2 aromatic carbocycles.